The molecule has 3 rings (SSSR count). The number of rotatable bonds is 10. The summed E-state index contributed by atoms with van der Waals surface area (Å²) in [6, 6.07) is 8.31. The number of nitrogens with two attached hydrogens (primary N) is 1. The Hall–Kier alpha value is -3.22. The molecule has 158 valence electrons. The summed E-state index contributed by atoms with van der Waals surface area (Å²) in [6.07, 6.45) is 9.53. The number of hydrogen-bond donors (Lipinski definition) is 2. The molecule has 0 saturated heterocycles. The molecule has 0 saturated carbocycles. The lowest BCUT2D eigenvalue weighted by Gasteiger charge is -2.12. The second-order valence-corrected chi connectivity index (χ2v) is 7.54. The van der Waals surface area contributed by atoms with E-state index < -0.39 is 0 Å². The van der Waals surface area contributed by atoms with Crippen molar-refractivity contribution in [2.75, 3.05) is 5.32 Å². The van der Waals surface area contributed by atoms with Gasteiger partial charge in [0, 0.05) is 18.1 Å². The van der Waals surface area contributed by atoms with Crippen LogP contribution in [0.15, 0.2) is 42.9 Å². The number of hydrogen-bond acceptors (Lipinski definition) is 5. The summed E-state index contributed by atoms with van der Waals surface area (Å²) in [6.45, 7) is 6.35. The van der Waals surface area contributed by atoms with E-state index in [-0.39, 0.29) is 12.3 Å². The third kappa shape index (κ3) is 5.43. The number of carbonyl (C=O) groups is 1. The Balaban J connectivity index is 1.71. The van der Waals surface area contributed by atoms with Gasteiger partial charge in [0.1, 0.15) is 0 Å². The number of benzene rings is 1. The molecule has 0 aliphatic heterocycles. The van der Waals surface area contributed by atoms with Crippen LogP contribution < -0.4 is 11.1 Å². The van der Waals surface area contributed by atoms with Crippen LogP contribution in [-0.2, 0) is 24.1 Å². The van der Waals surface area contributed by atoms with Gasteiger partial charge in [0.15, 0.2) is 0 Å². The molecule has 0 spiro atoms. The second-order valence-electron chi connectivity index (χ2n) is 7.54. The van der Waals surface area contributed by atoms with Crippen LogP contribution >= 0.6 is 0 Å². The zero-order valence-corrected chi connectivity index (χ0v) is 17.9. The summed E-state index contributed by atoms with van der Waals surface area (Å²) >= 11 is 0. The fraction of sp³-hybridized carbons (Fsp3) is 0.391. The van der Waals surface area contributed by atoms with Crippen molar-refractivity contribution in [1.29, 1.82) is 0 Å². The highest BCUT2D eigenvalue weighted by atomic mass is 16.1. The van der Waals surface area contributed by atoms with E-state index in [1.54, 1.807) is 6.20 Å². The van der Waals surface area contributed by atoms with Crippen LogP contribution in [0.25, 0.3) is 0 Å². The number of aryl methyl sites for hydroxylation is 3. The maximum atomic E-state index is 11.3. The zero-order valence-electron chi connectivity index (χ0n) is 17.9. The van der Waals surface area contributed by atoms with Gasteiger partial charge in [-0.3, -0.25) is 9.48 Å². The Kier molecular flexibility index (Phi) is 7.17. The molecule has 3 aromatic rings. The quantitative estimate of drug-likeness (QED) is 0.532. The highest BCUT2D eigenvalue weighted by Gasteiger charge is 2.11. The van der Waals surface area contributed by atoms with Crippen LogP contribution in [-0.4, -0.2) is 25.7 Å². The first-order valence-corrected chi connectivity index (χ1v) is 10.5. The molecule has 0 radical (unpaired) electrons. The van der Waals surface area contributed by atoms with Crippen LogP contribution in [0.4, 0.5) is 11.6 Å². The molecule has 0 fully saturated rings. The number of anilines is 2. The average molecular weight is 407 g/mol. The van der Waals surface area contributed by atoms with E-state index in [0.717, 1.165) is 53.8 Å². The molecule has 30 heavy (non-hydrogen) atoms. The lowest BCUT2D eigenvalue weighted by atomic mass is 9.98. The predicted octanol–water partition coefficient (Wildman–Crippen LogP) is 3.90. The molecule has 0 aliphatic rings. The number of carbonyl (C=O) groups excluding carboxylic acids is 1. The van der Waals surface area contributed by atoms with Gasteiger partial charge in [-0.2, -0.15) is 5.10 Å². The molecule has 3 N–H and O–H groups in total. The van der Waals surface area contributed by atoms with Crippen LogP contribution in [0.5, 0.6) is 0 Å². The van der Waals surface area contributed by atoms with Crippen molar-refractivity contribution < 1.29 is 4.79 Å². The SMILES string of the molecule is CCC(CC)n1cc(Nc2ncc(C)c(CCc3ccccc3CC(N)=O)n2)cn1. The Labute approximate surface area is 177 Å². The van der Waals surface area contributed by atoms with Gasteiger partial charge >= 0.3 is 0 Å². The summed E-state index contributed by atoms with van der Waals surface area (Å²) < 4.78 is 1.99. The molecule has 1 amide bonds. The zero-order chi connectivity index (χ0) is 21.5. The molecular formula is C23H30N6O. The predicted molar refractivity (Wildman–Crippen MR) is 119 cm³/mol. The van der Waals surface area contributed by atoms with E-state index >= 15 is 0 Å². The van der Waals surface area contributed by atoms with Crippen molar-refractivity contribution in [2.24, 2.45) is 5.73 Å². The van der Waals surface area contributed by atoms with Crippen molar-refractivity contribution >= 4 is 17.5 Å². The van der Waals surface area contributed by atoms with Gasteiger partial charge in [-0.25, -0.2) is 9.97 Å². The van der Waals surface area contributed by atoms with E-state index in [1.165, 1.54) is 0 Å². The molecule has 2 aromatic heterocycles. The van der Waals surface area contributed by atoms with Gasteiger partial charge in [0.25, 0.3) is 0 Å². The van der Waals surface area contributed by atoms with Crippen LogP contribution in [0.2, 0.25) is 0 Å². The molecule has 2 heterocycles. The van der Waals surface area contributed by atoms with E-state index in [1.807, 2.05) is 48.3 Å². The fourth-order valence-corrected chi connectivity index (χ4v) is 3.60. The lowest BCUT2D eigenvalue weighted by Crippen LogP contribution is -2.15. The van der Waals surface area contributed by atoms with E-state index in [2.05, 4.69) is 29.2 Å². The van der Waals surface area contributed by atoms with Crippen LogP contribution in [0.3, 0.4) is 0 Å². The standard InChI is InChI=1S/C23H30N6O/c1-4-20(5-2)29-15-19(14-26-29)27-23-25-13-16(3)21(28-23)11-10-17-8-6-7-9-18(17)12-22(24)30/h6-9,13-15,20H,4-5,10-12H2,1-3H3,(H2,24,30)(H,25,27,28). The number of nitrogens with one attached hydrogen (secondary N) is 1. The summed E-state index contributed by atoms with van der Waals surface area (Å²) in [7, 11) is 0. The van der Waals surface area contributed by atoms with Crippen molar-refractivity contribution in [3.8, 4) is 0 Å². The van der Waals surface area contributed by atoms with Gasteiger partial charge < -0.3 is 11.1 Å². The normalized spacial score (nSPS) is 11.1. The van der Waals surface area contributed by atoms with Crippen molar-refractivity contribution in [1.82, 2.24) is 19.7 Å². The largest absolute Gasteiger partial charge is 0.369 e. The first kappa shape index (κ1) is 21.5. The molecular weight excluding hydrogens is 376 g/mol. The van der Waals surface area contributed by atoms with Crippen molar-refractivity contribution in [3.63, 3.8) is 0 Å². The molecule has 7 heteroatoms. The number of nitrogens with zero attached hydrogens (tertiary/aromatic N) is 4. The second kappa shape index (κ2) is 10.0. The van der Waals surface area contributed by atoms with Crippen molar-refractivity contribution in [2.45, 2.75) is 58.9 Å². The minimum atomic E-state index is -0.318. The third-order valence-corrected chi connectivity index (χ3v) is 5.37. The molecule has 0 atom stereocenters. The van der Waals surface area contributed by atoms with Crippen LogP contribution in [0.1, 0.15) is 55.1 Å². The minimum Gasteiger partial charge on any atom is -0.369 e. The van der Waals surface area contributed by atoms with Gasteiger partial charge in [-0.15, -0.1) is 0 Å². The maximum absolute atomic E-state index is 11.3. The number of amides is 1. The Morgan fingerprint density at radius 1 is 1.13 bits per heavy atom. The van der Waals surface area contributed by atoms with E-state index in [0.29, 0.717) is 12.0 Å². The molecule has 0 bridgehead atoms. The fourth-order valence-electron chi connectivity index (χ4n) is 3.60. The summed E-state index contributed by atoms with van der Waals surface area (Å²) in [5, 5.41) is 7.73. The highest BCUT2D eigenvalue weighted by molar-refractivity contribution is 5.77. The Morgan fingerprint density at radius 3 is 2.57 bits per heavy atom. The van der Waals surface area contributed by atoms with Crippen molar-refractivity contribution in [3.05, 3.63) is 65.2 Å². The Bertz CT molecular complexity index is 993. The summed E-state index contributed by atoms with van der Waals surface area (Å²) in [4.78, 5) is 20.5. The summed E-state index contributed by atoms with van der Waals surface area (Å²) in [5.41, 5.74) is 10.4. The first-order valence-electron chi connectivity index (χ1n) is 10.5. The first-order chi connectivity index (χ1) is 14.5. The van der Waals surface area contributed by atoms with Gasteiger partial charge in [-0.05, 0) is 49.3 Å². The lowest BCUT2D eigenvalue weighted by molar-refractivity contribution is -0.117. The monoisotopic (exact) mass is 406 g/mol. The maximum Gasteiger partial charge on any atom is 0.227 e. The summed E-state index contributed by atoms with van der Waals surface area (Å²) in [5.74, 6) is 0.242. The smallest absolute Gasteiger partial charge is 0.227 e. The molecule has 0 aliphatic carbocycles. The molecule has 0 unspecified atom stereocenters. The van der Waals surface area contributed by atoms with Gasteiger partial charge in [0.05, 0.1) is 24.3 Å². The van der Waals surface area contributed by atoms with Crippen LogP contribution in [0, 0.1) is 6.92 Å². The molecule has 7 nitrogen and oxygen atoms in total. The van der Waals surface area contributed by atoms with E-state index in [9.17, 15) is 4.79 Å². The van der Waals surface area contributed by atoms with Gasteiger partial charge in [-0.1, -0.05) is 38.1 Å². The van der Waals surface area contributed by atoms with E-state index in [4.69, 9.17) is 10.7 Å². The minimum absolute atomic E-state index is 0.256. The van der Waals surface area contributed by atoms with Gasteiger partial charge in [0.2, 0.25) is 11.9 Å². The molecule has 1 aromatic carbocycles. The third-order valence-electron chi connectivity index (χ3n) is 5.37. The topological polar surface area (TPSA) is 98.7 Å². The average Bonchev–Trinajstić information content (AvgIpc) is 3.18. The Morgan fingerprint density at radius 2 is 1.87 bits per heavy atom. The number of aromatic nitrogens is 4. The highest BCUT2D eigenvalue weighted by Crippen LogP contribution is 2.20. The number of primary amides is 1.